The van der Waals surface area contributed by atoms with Crippen LogP contribution in [0.15, 0.2) is 0 Å². The molecule has 1 aliphatic carbocycles. The largest absolute Gasteiger partial charge is 0.299 e. The predicted molar refractivity (Wildman–Crippen MR) is 69.5 cm³/mol. The Labute approximate surface area is 101 Å². The zero-order valence-corrected chi connectivity index (χ0v) is 11.1. The topological polar surface area (TPSA) is 17.1 Å². The van der Waals surface area contributed by atoms with Crippen LogP contribution in [0.3, 0.4) is 0 Å². The van der Waals surface area contributed by atoms with Gasteiger partial charge in [-0.15, -0.1) is 0 Å². The molecule has 0 bridgehead atoms. The first-order valence-electron chi connectivity index (χ1n) is 7.30. The predicted octanol–water partition coefficient (Wildman–Crippen LogP) is 4.74. The van der Waals surface area contributed by atoms with Gasteiger partial charge in [-0.25, -0.2) is 0 Å². The van der Waals surface area contributed by atoms with Gasteiger partial charge < -0.3 is 0 Å². The second-order valence-electron chi connectivity index (χ2n) is 5.44. The lowest BCUT2D eigenvalue weighted by Gasteiger charge is -2.27. The molecule has 0 aromatic carbocycles. The lowest BCUT2D eigenvalue weighted by molar-refractivity contribution is -0.125. The third-order valence-corrected chi connectivity index (χ3v) is 3.98. The molecule has 94 valence electrons. The fourth-order valence-corrected chi connectivity index (χ4v) is 2.97. The van der Waals surface area contributed by atoms with Crippen LogP contribution in [0, 0.1) is 11.8 Å². The number of rotatable bonds is 7. The van der Waals surface area contributed by atoms with Crippen molar-refractivity contribution in [3.8, 4) is 0 Å². The first-order chi connectivity index (χ1) is 7.77. The maximum absolute atomic E-state index is 11.8. The van der Waals surface area contributed by atoms with Gasteiger partial charge in [-0.3, -0.25) is 4.79 Å². The van der Waals surface area contributed by atoms with Gasteiger partial charge in [-0.2, -0.15) is 0 Å². The number of Topliss-reactive ketones (excluding diaryl/α,β-unsaturated/α-hetero) is 1. The highest BCUT2D eigenvalue weighted by Crippen LogP contribution is 2.32. The summed E-state index contributed by atoms with van der Waals surface area (Å²) in [6.07, 6.45) is 12.2. The number of unbranched alkanes of at least 4 members (excludes halogenated alkanes) is 3. The van der Waals surface area contributed by atoms with E-state index in [1.165, 1.54) is 51.4 Å². The zero-order chi connectivity index (χ0) is 11.8. The van der Waals surface area contributed by atoms with Gasteiger partial charge in [0.2, 0.25) is 0 Å². The van der Waals surface area contributed by atoms with Gasteiger partial charge in [0.05, 0.1) is 0 Å². The summed E-state index contributed by atoms with van der Waals surface area (Å²) in [7, 11) is 0. The molecule has 0 aliphatic heterocycles. The first-order valence-corrected chi connectivity index (χ1v) is 7.30. The highest BCUT2D eigenvalue weighted by Gasteiger charge is 2.27. The molecule has 0 N–H and O–H groups in total. The third kappa shape index (κ3) is 4.67. The van der Waals surface area contributed by atoms with Crippen molar-refractivity contribution in [1.29, 1.82) is 0 Å². The average Bonchev–Trinajstić information content (AvgIpc) is 2.29. The van der Waals surface area contributed by atoms with Gasteiger partial charge in [-0.05, 0) is 25.2 Å². The number of hydrogen-bond donors (Lipinski definition) is 0. The van der Waals surface area contributed by atoms with E-state index >= 15 is 0 Å². The number of carbonyl (C=O) groups is 1. The number of ketones is 1. The van der Waals surface area contributed by atoms with Gasteiger partial charge in [-0.1, -0.05) is 52.4 Å². The molecule has 0 saturated heterocycles. The summed E-state index contributed by atoms with van der Waals surface area (Å²) in [6.45, 7) is 4.50. The molecule has 1 fully saturated rings. The van der Waals surface area contributed by atoms with Gasteiger partial charge in [0.1, 0.15) is 5.78 Å². The van der Waals surface area contributed by atoms with Crippen molar-refractivity contribution >= 4 is 5.78 Å². The van der Waals surface area contributed by atoms with E-state index in [0.29, 0.717) is 11.7 Å². The van der Waals surface area contributed by atoms with Gasteiger partial charge in [0.15, 0.2) is 0 Å². The highest BCUT2D eigenvalue weighted by molar-refractivity contribution is 5.81. The molecule has 1 nitrogen and oxygen atoms in total. The Kier molecular flexibility index (Phi) is 6.75. The molecule has 1 heteroatoms. The van der Waals surface area contributed by atoms with E-state index in [1.54, 1.807) is 0 Å². The summed E-state index contributed by atoms with van der Waals surface area (Å²) in [5.74, 6) is 1.82. The highest BCUT2D eigenvalue weighted by atomic mass is 16.1. The van der Waals surface area contributed by atoms with E-state index in [2.05, 4.69) is 13.8 Å². The Morgan fingerprint density at radius 2 is 1.88 bits per heavy atom. The minimum atomic E-state index is 0.419. The Morgan fingerprint density at radius 3 is 2.56 bits per heavy atom. The molecule has 1 saturated carbocycles. The number of hydrogen-bond acceptors (Lipinski definition) is 1. The van der Waals surface area contributed by atoms with E-state index < -0.39 is 0 Å². The van der Waals surface area contributed by atoms with E-state index in [1.807, 2.05) is 0 Å². The summed E-state index contributed by atoms with van der Waals surface area (Å²) < 4.78 is 0. The molecular formula is C15H28O. The van der Waals surface area contributed by atoms with Crippen LogP contribution in [0.2, 0.25) is 0 Å². The molecule has 0 amide bonds. The summed E-state index contributed by atoms with van der Waals surface area (Å²) in [5.41, 5.74) is 0. The van der Waals surface area contributed by atoms with Crippen molar-refractivity contribution in [2.45, 2.75) is 78.1 Å². The van der Waals surface area contributed by atoms with Crippen molar-refractivity contribution < 1.29 is 4.79 Å². The van der Waals surface area contributed by atoms with Crippen LogP contribution in [0.5, 0.6) is 0 Å². The van der Waals surface area contributed by atoms with Crippen molar-refractivity contribution in [2.75, 3.05) is 0 Å². The van der Waals surface area contributed by atoms with Crippen LogP contribution in [0.1, 0.15) is 78.1 Å². The van der Waals surface area contributed by atoms with Crippen LogP contribution < -0.4 is 0 Å². The molecule has 1 rings (SSSR count). The molecular weight excluding hydrogens is 196 g/mol. The summed E-state index contributed by atoms with van der Waals surface area (Å²) in [5, 5.41) is 0. The van der Waals surface area contributed by atoms with Crippen molar-refractivity contribution in [1.82, 2.24) is 0 Å². The molecule has 0 heterocycles. The van der Waals surface area contributed by atoms with Crippen LogP contribution >= 0.6 is 0 Å². The Morgan fingerprint density at radius 1 is 1.06 bits per heavy atom. The molecule has 0 spiro atoms. The molecule has 0 radical (unpaired) electrons. The van der Waals surface area contributed by atoms with Gasteiger partial charge in [0.25, 0.3) is 0 Å². The standard InChI is InChI=1S/C15H28O/c1-3-5-6-7-9-14-12-13(8-4-2)10-11-15(14)16/h13-14H,3-12H2,1-2H3. The third-order valence-electron chi connectivity index (χ3n) is 3.98. The number of carbonyl (C=O) groups excluding carboxylic acids is 1. The maximum Gasteiger partial charge on any atom is 0.135 e. The fraction of sp³-hybridized carbons (Fsp3) is 0.933. The SMILES string of the molecule is CCCCCCC1CC(CCC)CCC1=O. The van der Waals surface area contributed by atoms with Gasteiger partial charge >= 0.3 is 0 Å². The quantitative estimate of drug-likeness (QED) is 0.571. The molecule has 2 atom stereocenters. The minimum Gasteiger partial charge on any atom is -0.299 e. The van der Waals surface area contributed by atoms with E-state index in [-0.39, 0.29) is 0 Å². The molecule has 1 aliphatic rings. The first kappa shape index (κ1) is 13.7. The lowest BCUT2D eigenvalue weighted by Crippen LogP contribution is -2.24. The summed E-state index contributed by atoms with van der Waals surface area (Å²) in [4.78, 5) is 11.8. The Balaban J connectivity index is 2.23. The maximum atomic E-state index is 11.8. The van der Waals surface area contributed by atoms with Crippen molar-refractivity contribution in [3.63, 3.8) is 0 Å². The van der Waals surface area contributed by atoms with Gasteiger partial charge in [0, 0.05) is 12.3 Å². The summed E-state index contributed by atoms with van der Waals surface area (Å²) >= 11 is 0. The minimum absolute atomic E-state index is 0.419. The smallest absolute Gasteiger partial charge is 0.135 e. The van der Waals surface area contributed by atoms with E-state index in [9.17, 15) is 4.79 Å². The Hall–Kier alpha value is -0.330. The van der Waals surface area contributed by atoms with Crippen molar-refractivity contribution in [3.05, 3.63) is 0 Å². The second kappa shape index (κ2) is 7.86. The van der Waals surface area contributed by atoms with E-state index in [4.69, 9.17) is 0 Å². The second-order valence-corrected chi connectivity index (χ2v) is 5.44. The van der Waals surface area contributed by atoms with Crippen LogP contribution in [-0.4, -0.2) is 5.78 Å². The van der Waals surface area contributed by atoms with Crippen LogP contribution in [0.25, 0.3) is 0 Å². The average molecular weight is 224 g/mol. The molecule has 16 heavy (non-hydrogen) atoms. The van der Waals surface area contributed by atoms with E-state index in [0.717, 1.165) is 18.8 Å². The normalized spacial score (nSPS) is 26.0. The monoisotopic (exact) mass is 224 g/mol. The molecule has 2 unspecified atom stereocenters. The van der Waals surface area contributed by atoms with Crippen molar-refractivity contribution in [2.24, 2.45) is 11.8 Å². The van der Waals surface area contributed by atoms with Crippen LogP contribution in [-0.2, 0) is 4.79 Å². The zero-order valence-electron chi connectivity index (χ0n) is 11.1. The van der Waals surface area contributed by atoms with Crippen LogP contribution in [0.4, 0.5) is 0 Å². The lowest BCUT2D eigenvalue weighted by atomic mass is 9.76. The molecule has 0 aromatic heterocycles. The summed E-state index contributed by atoms with van der Waals surface area (Å²) in [6, 6.07) is 0. The Bertz CT molecular complexity index is 198. The molecule has 0 aromatic rings. The fourth-order valence-electron chi connectivity index (χ4n) is 2.97.